The number of nitrogens with one attached hydrogen (secondary N) is 1. The van der Waals surface area contributed by atoms with Crippen LogP contribution in [0.5, 0.6) is 0 Å². The predicted molar refractivity (Wildman–Crippen MR) is 72.3 cm³/mol. The maximum atomic E-state index is 11.7. The fourth-order valence-corrected chi connectivity index (χ4v) is 1.13. The lowest BCUT2D eigenvalue weighted by Crippen LogP contribution is -2.28. The van der Waals surface area contributed by atoms with E-state index in [9.17, 15) is 9.59 Å². The van der Waals surface area contributed by atoms with E-state index in [1.165, 1.54) is 19.5 Å². The molecule has 0 saturated carbocycles. The molecule has 0 spiro atoms. The summed E-state index contributed by atoms with van der Waals surface area (Å²) < 4.78 is 9.59. The van der Waals surface area contributed by atoms with Crippen molar-refractivity contribution >= 4 is 17.5 Å². The van der Waals surface area contributed by atoms with E-state index in [4.69, 9.17) is 4.74 Å². The van der Waals surface area contributed by atoms with Crippen molar-refractivity contribution in [3.63, 3.8) is 0 Å². The molecule has 1 rings (SSSR count). The van der Waals surface area contributed by atoms with Gasteiger partial charge in [0.1, 0.15) is 19.1 Å². The first kappa shape index (κ1) is 16.2. The first-order valence-corrected chi connectivity index (χ1v) is 6.08. The third kappa shape index (κ3) is 5.02. The van der Waals surface area contributed by atoms with Gasteiger partial charge >= 0.3 is 0 Å². The molecule has 0 aromatic carbocycles. The first-order valence-electron chi connectivity index (χ1n) is 6.08. The molecule has 1 aromatic rings. The molecule has 0 aliphatic heterocycles. The third-order valence-electron chi connectivity index (χ3n) is 2.29. The zero-order valence-corrected chi connectivity index (χ0v) is 12.1. The zero-order valence-electron chi connectivity index (χ0n) is 12.1. The van der Waals surface area contributed by atoms with Gasteiger partial charge in [-0.15, -0.1) is 0 Å². The summed E-state index contributed by atoms with van der Waals surface area (Å²) in [6.45, 7) is 5.29. The summed E-state index contributed by atoms with van der Waals surface area (Å²) in [5, 5.41) is 2.63. The predicted octanol–water partition coefficient (Wildman–Crippen LogP) is 1.26. The monoisotopic (exact) mass is 281 g/mol. The lowest BCUT2D eigenvalue weighted by Gasteiger charge is -2.16. The highest BCUT2D eigenvalue weighted by atomic mass is 16.7. The lowest BCUT2D eigenvalue weighted by atomic mass is 9.96. The van der Waals surface area contributed by atoms with E-state index >= 15 is 0 Å². The standard InChI is InChI=1S/C13H19N3O4/c1-13(2,3)12(18)16-11-6-14-9(5-15-11)10(17)7-20-8-19-4/h5-6H,7-8H2,1-4H3,(H,15,16,18). The summed E-state index contributed by atoms with van der Waals surface area (Å²) >= 11 is 0. The Morgan fingerprint density at radius 1 is 1.25 bits per heavy atom. The van der Waals surface area contributed by atoms with Gasteiger partial charge in [-0.25, -0.2) is 9.97 Å². The van der Waals surface area contributed by atoms with Crippen LogP contribution in [0.3, 0.4) is 0 Å². The van der Waals surface area contributed by atoms with Gasteiger partial charge in [0.05, 0.1) is 12.4 Å². The summed E-state index contributed by atoms with van der Waals surface area (Å²) in [5.41, 5.74) is -0.348. The molecule has 1 amide bonds. The number of carbonyl (C=O) groups excluding carboxylic acids is 2. The summed E-state index contributed by atoms with van der Waals surface area (Å²) in [7, 11) is 1.47. The zero-order chi connectivity index (χ0) is 15.2. The van der Waals surface area contributed by atoms with Crippen LogP contribution >= 0.6 is 0 Å². The van der Waals surface area contributed by atoms with Crippen molar-refractivity contribution in [1.29, 1.82) is 0 Å². The van der Waals surface area contributed by atoms with Crippen LogP contribution in [-0.2, 0) is 14.3 Å². The minimum absolute atomic E-state index is 0.0406. The number of aromatic nitrogens is 2. The number of rotatable bonds is 6. The second kappa shape index (κ2) is 7.06. The Morgan fingerprint density at radius 2 is 1.95 bits per heavy atom. The minimum Gasteiger partial charge on any atom is -0.359 e. The topological polar surface area (TPSA) is 90.4 Å². The number of Topliss-reactive ketones (excluding diaryl/α,β-unsaturated/α-hetero) is 1. The molecular weight excluding hydrogens is 262 g/mol. The van der Waals surface area contributed by atoms with E-state index in [-0.39, 0.29) is 30.8 Å². The van der Waals surface area contributed by atoms with Gasteiger partial charge in [-0.1, -0.05) is 20.8 Å². The van der Waals surface area contributed by atoms with E-state index in [1.807, 2.05) is 0 Å². The van der Waals surface area contributed by atoms with E-state index in [0.717, 1.165) is 0 Å². The number of ether oxygens (including phenoxy) is 2. The second-order valence-corrected chi connectivity index (χ2v) is 5.17. The Bertz CT molecular complexity index is 465. The molecule has 0 radical (unpaired) electrons. The average molecular weight is 281 g/mol. The molecule has 0 unspecified atom stereocenters. The van der Waals surface area contributed by atoms with Gasteiger partial charge in [0, 0.05) is 12.5 Å². The SMILES string of the molecule is COCOCC(=O)c1cnc(NC(=O)C(C)(C)C)cn1. The Balaban J connectivity index is 2.60. The normalized spacial score (nSPS) is 11.2. The van der Waals surface area contributed by atoms with Crippen LogP contribution in [0.25, 0.3) is 0 Å². The highest BCUT2D eigenvalue weighted by molar-refractivity contribution is 5.96. The Kier molecular flexibility index (Phi) is 5.72. The maximum Gasteiger partial charge on any atom is 0.230 e. The van der Waals surface area contributed by atoms with Crippen molar-refractivity contribution in [2.75, 3.05) is 25.8 Å². The number of amides is 1. The number of nitrogens with zero attached hydrogens (tertiary/aromatic N) is 2. The van der Waals surface area contributed by atoms with Crippen molar-refractivity contribution in [2.24, 2.45) is 5.41 Å². The van der Waals surface area contributed by atoms with Crippen molar-refractivity contribution < 1.29 is 19.1 Å². The quantitative estimate of drug-likeness (QED) is 0.479. The maximum absolute atomic E-state index is 11.7. The Labute approximate surface area is 117 Å². The molecule has 0 fully saturated rings. The molecule has 20 heavy (non-hydrogen) atoms. The number of hydrogen-bond donors (Lipinski definition) is 1. The van der Waals surface area contributed by atoms with Gasteiger partial charge in [-0.05, 0) is 0 Å². The highest BCUT2D eigenvalue weighted by Gasteiger charge is 2.21. The number of methoxy groups -OCH3 is 1. The van der Waals surface area contributed by atoms with Crippen LogP contribution in [-0.4, -0.2) is 42.2 Å². The van der Waals surface area contributed by atoms with Crippen LogP contribution < -0.4 is 5.32 Å². The molecule has 0 bridgehead atoms. The van der Waals surface area contributed by atoms with E-state index in [2.05, 4.69) is 20.0 Å². The van der Waals surface area contributed by atoms with Crippen molar-refractivity contribution in [2.45, 2.75) is 20.8 Å². The fourth-order valence-electron chi connectivity index (χ4n) is 1.13. The molecule has 0 aliphatic rings. The van der Waals surface area contributed by atoms with Crippen molar-refractivity contribution in [3.05, 3.63) is 18.1 Å². The Morgan fingerprint density at radius 3 is 2.45 bits per heavy atom. The van der Waals surface area contributed by atoms with Crippen LogP contribution in [0, 0.1) is 5.41 Å². The van der Waals surface area contributed by atoms with Gasteiger partial charge in [-0.2, -0.15) is 0 Å². The molecular formula is C13H19N3O4. The van der Waals surface area contributed by atoms with E-state index in [1.54, 1.807) is 20.8 Å². The lowest BCUT2D eigenvalue weighted by molar-refractivity contribution is -0.123. The molecule has 110 valence electrons. The summed E-state index contributed by atoms with van der Waals surface area (Å²) in [6.07, 6.45) is 2.64. The summed E-state index contributed by atoms with van der Waals surface area (Å²) in [5.74, 6) is -0.170. The van der Waals surface area contributed by atoms with Crippen LogP contribution in [0.4, 0.5) is 5.82 Å². The number of hydrogen-bond acceptors (Lipinski definition) is 6. The summed E-state index contributed by atoms with van der Waals surface area (Å²) in [6, 6.07) is 0. The molecule has 7 nitrogen and oxygen atoms in total. The fraction of sp³-hybridized carbons (Fsp3) is 0.538. The number of anilines is 1. The van der Waals surface area contributed by atoms with Crippen LogP contribution in [0.2, 0.25) is 0 Å². The molecule has 0 atom stereocenters. The average Bonchev–Trinajstić information content (AvgIpc) is 2.38. The second-order valence-electron chi connectivity index (χ2n) is 5.17. The summed E-state index contributed by atoms with van der Waals surface area (Å²) in [4.78, 5) is 31.3. The molecule has 0 aliphatic carbocycles. The smallest absolute Gasteiger partial charge is 0.230 e. The van der Waals surface area contributed by atoms with Crippen molar-refractivity contribution in [3.8, 4) is 0 Å². The van der Waals surface area contributed by atoms with Gasteiger partial charge in [0.25, 0.3) is 0 Å². The van der Waals surface area contributed by atoms with Crippen molar-refractivity contribution in [1.82, 2.24) is 9.97 Å². The van der Waals surface area contributed by atoms with Gasteiger partial charge in [-0.3, -0.25) is 9.59 Å². The van der Waals surface area contributed by atoms with Crippen LogP contribution in [0.1, 0.15) is 31.3 Å². The molecule has 1 N–H and O–H groups in total. The molecule has 7 heteroatoms. The first-order chi connectivity index (χ1) is 9.34. The third-order valence-corrected chi connectivity index (χ3v) is 2.29. The Hall–Kier alpha value is -1.86. The number of carbonyl (C=O) groups is 2. The largest absolute Gasteiger partial charge is 0.359 e. The molecule has 1 heterocycles. The van der Waals surface area contributed by atoms with Crippen LogP contribution in [0.15, 0.2) is 12.4 Å². The van der Waals surface area contributed by atoms with Gasteiger partial charge < -0.3 is 14.8 Å². The van der Waals surface area contributed by atoms with Gasteiger partial charge in [0.15, 0.2) is 5.82 Å². The van der Waals surface area contributed by atoms with E-state index in [0.29, 0.717) is 5.82 Å². The molecule has 0 saturated heterocycles. The highest BCUT2D eigenvalue weighted by Crippen LogP contribution is 2.15. The van der Waals surface area contributed by atoms with Gasteiger partial charge in [0.2, 0.25) is 11.7 Å². The number of ketones is 1. The van der Waals surface area contributed by atoms with E-state index < -0.39 is 5.41 Å². The minimum atomic E-state index is -0.524. The molecule has 1 aromatic heterocycles.